The van der Waals surface area contributed by atoms with Crippen LogP contribution < -0.4 is 11.1 Å². The lowest BCUT2D eigenvalue weighted by Gasteiger charge is -2.34. The van der Waals surface area contributed by atoms with Gasteiger partial charge in [0.05, 0.1) is 13.5 Å². The normalized spacial score (nSPS) is 19.7. The summed E-state index contributed by atoms with van der Waals surface area (Å²) in [5, 5.41) is 2.03. The molecule has 1 rings (SSSR count). The Kier molecular flexibility index (Phi) is 6.27. The first-order valence-electron chi connectivity index (χ1n) is 6.43. The molecule has 1 unspecified atom stereocenters. The summed E-state index contributed by atoms with van der Waals surface area (Å²) in [6.45, 7) is 1.37. The lowest BCUT2D eigenvalue weighted by molar-refractivity contribution is -0.142. The van der Waals surface area contributed by atoms with Crippen LogP contribution in [0.2, 0.25) is 0 Å². The van der Waals surface area contributed by atoms with Crippen molar-refractivity contribution in [2.75, 3.05) is 20.2 Å². The molecule has 108 valence electrons. The number of nitrogens with two attached hydrogens (primary N) is 1. The Hall–Kier alpha value is -1.63. The molecule has 1 atom stereocenters. The third kappa shape index (κ3) is 5.69. The third-order valence-corrected chi connectivity index (χ3v) is 3.27. The fourth-order valence-electron chi connectivity index (χ4n) is 2.31. The maximum atomic E-state index is 11.4. The number of carbonyl (C=O) groups excluding carboxylic acids is 3. The summed E-state index contributed by atoms with van der Waals surface area (Å²) in [5.74, 6) is -0.631. The first kappa shape index (κ1) is 15.4. The van der Waals surface area contributed by atoms with Gasteiger partial charge in [0.15, 0.2) is 0 Å². The molecule has 0 aromatic heterocycles. The van der Waals surface area contributed by atoms with E-state index in [4.69, 9.17) is 5.73 Å². The Morgan fingerprint density at radius 1 is 1.37 bits per heavy atom. The lowest BCUT2D eigenvalue weighted by Crippen LogP contribution is -2.43. The van der Waals surface area contributed by atoms with E-state index in [9.17, 15) is 14.4 Å². The number of imide groups is 1. The van der Waals surface area contributed by atoms with Crippen molar-refractivity contribution in [3.63, 3.8) is 0 Å². The largest absolute Gasteiger partial charge is 0.469 e. The first-order chi connectivity index (χ1) is 9.02. The van der Waals surface area contributed by atoms with Crippen molar-refractivity contribution in [2.24, 2.45) is 5.73 Å². The molecular formula is C12H21N3O4. The van der Waals surface area contributed by atoms with Gasteiger partial charge in [-0.1, -0.05) is 6.42 Å². The number of amides is 3. The van der Waals surface area contributed by atoms with Crippen molar-refractivity contribution in [3.05, 3.63) is 0 Å². The number of primary amides is 1. The minimum Gasteiger partial charge on any atom is -0.469 e. The van der Waals surface area contributed by atoms with Gasteiger partial charge < -0.3 is 10.5 Å². The Morgan fingerprint density at radius 2 is 2.11 bits per heavy atom. The number of nitrogens with one attached hydrogen (secondary N) is 1. The van der Waals surface area contributed by atoms with Crippen LogP contribution in [0.25, 0.3) is 0 Å². The molecule has 0 aromatic rings. The van der Waals surface area contributed by atoms with Crippen molar-refractivity contribution < 1.29 is 19.1 Å². The molecule has 0 aliphatic carbocycles. The molecule has 19 heavy (non-hydrogen) atoms. The SMILES string of the molecule is COC(=O)CC1CCCCN1CCC(=O)NC(N)=O. The molecule has 1 heterocycles. The molecule has 0 saturated carbocycles. The average Bonchev–Trinajstić information content (AvgIpc) is 2.36. The Labute approximate surface area is 112 Å². The number of methoxy groups -OCH3 is 1. The predicted octanol–water partition coefficient (Wildman–Crippen LogP) is -0.0110. The Balaban J connectivity index is 2.41. The van der Waals surface area contributed by atoms with E-state index < -0.39 is 11.9 Å². The van der Waals surface area contributed by atoms with Crippen molar-refractivity contribution >= 4 is 17.9 Å². The zero-order chi connectivity index (χ0) is 14.3. The van der Waals surface area contributed by atoms with Gasteiger partial charge in [-0.15, -0.1) is 0 Å². The van der Waals surface area contributed by atoms with Gasteiger partial charge in [-0.25, -0.2) is 4.79 Å². The summed E-state index contributed by atoms with van der Waals surface area (Å²) >= 11 is 0. The second-order valence-electron chi connectivity index (χ2n) is 4.63. The molecule has 1 saturated heterocycles. The summed E-state index contributed by atoms with van der Waals surface area (Å²) in [4.78, 5) is 35.3. The number of hydrogen-bond acceptors (Lipinski definition) is 5. The summed E-state index contributed by atoms with van der Waals surface area (Å²) in [7, 11) is 1.37. The molecule has 1 aliphatic rings. The summed E-state index contributed by atoms with van der Waals surface area (Å²) in [6.07, 6.45) is 3.59. The summed E-state index contributed by atoms with van der Waals surface area (Å²) in [5.41, 5.74) is 4.87. The second kappa shape index (κ2) is 7.73. The van der Waals surface area contributed by atoms with Crippen LogP contribution >= 0.6 is 0 Å². The predicted molar refractivity (Wildman–Crippen MR) is 68.2 cm³/mol. The first-order valence-corrected chi connectivity index (χ1v) is 6.43. The summed E-state index contributed by atoms with van der Waals surface area (Å²) in [6, 6.07) is -0.725. The number of carbonyl (C=O) groups is 3. The third-order valence-electron chi connectivity index (χ3n) is 3.27. The molecule has 7 heteroatoms. The quantitative estimate of drug-likeness (QED) is 0.685. The highest BCUT2D eigenvalue weighted by Crippen LogP contribution is 2.20. The van der Waals surface area contributed by atoms with Crippen LogP contribution in [0.4, 0.5) is 4.79 Å². The van der Waals surface area contributed by atoms with Gasteiger partial charge in [0.2, 0.25) is 5.91 Å². The Morgan fingerprint density at radius 3 is 2.74 bits per heavy atom. The highest BCUT2D eigenvalue weighted by molar-refractivity contribution is 5.93. The molecule has 1 aliphatic heterocycles. The maximum absolute atomic E-state index is 11.4. The number of nitrogens with zero attached hydrogens (tertiary/aromatic N) is 1. The van der Waals surface area contributed by atoms with Crippen LogP contribution in [0.3, 0.4) is 0 Å². The van der Waals surface area contributed by atoms with Gasteiger partial charge in [-0.3, -0.25) is 19.8 Å². The number of ether oxygens (including phenoxy) is 1. The lowest BCUT2D eigenvalue weighted by atomic mass is 9.99. The molecule has 7 nitrogen and oxygen atoms in total. The molecule has 3 amide bonds. The van der Waals surface area contributed by atoms with Gasteiger partial charge in [0.25, 0.3) is 0 Å². The van der Waals surface area contributed by atoms with E-state index in [0.717, 1.165) is 25.8 Å². The van der Waals surface area contributed by atoms with Gasteiger partial charge in [-0.2, -0.15) is 0 Å². The molecular weight excluding hydrogens is 250 g/mol. The zero-order valence-electron chi connectivity index (χ0n) is 11.2. The van der Waals surface area contributed by atoms with E-state index in [0.29, 0.717) is 13.0 Å². The van der Waals surface area contributed by atoms with Crippen LogP contribution in [0.15, 0.2) is 0 Å². The topological polar surface area (TPSA) is 102 Å². The summed E-state index contributed by atoms with van der Waals surface area (Å²) < 4.78 is 4.67. The Bertz CT molecular complexity index is 346. The van der Waals surface area contributed by atoms with E-state index in [-0.39, 0.29) is 18.4 Å². The van der Waals surface area contributed by atoms with Crippen LogP contribution in [0, 0.1) is 0 Å². The minimum atomic E-state index is -0.838. The fraction of sp³-hybridized carbons (Fsp3) is 0.750. The molecule has 1 fully saturated rings. The van der Waals surface area contributed by atoms with Gasteiger partial charge in [0.1, 0.15) is 0 Å². The number of likely N-dealkylation sites (tertiary alicyclic amines) is 1. The van der Waals surface area contributed by atoms with Gasteiger partial charge in [-0.05, 0) is 19.4 Å². The van der Waals surface area contributed by atoms with Crippen LogP contribution in [-0.4, -0.2) is 49.0 Å². The number of hydrogen-bond donors (Lipinski definition) is 2. The molecule has 0 aromatic carbocycles. The number of esters is 1. The van der Waals surface area contributed by atoms with E-state index in [1.807, 2.05) is 5.32 Å². The average molecular weight is 271 g/mol. The molecule has 0 spiro atoms. The van der Waals surface area contributed by atoms with E-state index >= 15 is 0 Å². The standard InChI is InChI=1S/C12H21N3O4/c1-19-11(17)8-9-4-2-3-6-15(9)7-5-10(16)14-12(13)18/h9H,2-8H2,1H3,(H3,13,14,16,18). The van der Waals surface area contributed by atoms with Crippen molar-refractivity contribution in [3.8, 4) is 0 Å². The highest BCUT2D eigenvalue weighted by Gasteiger charge is 2.25. The zero-order valence-corrected chi connectivity index (χ0v) is 11.2. The second-order valence-corrected chi connectivity index (χ2v) is 4.63. The van der Waals surface area contributed by atoms with Crippen molar-refractivity contribution in [1.82, 2.24) is 10.2 Å². The molecule has 0 bridgehead atoms. The number of urea groups is 1. The van der Waals surface area contributed by atoms with Crippen LogP contribution in [-0.2, 0) is 14.3 Å². The van der Waals surface area contributed by atoms with E-state index in [2.05, 4.69) is 9.64 Å². The number of rotatable bonds is 5. The highest BCUT2D eigenvalue weighted by atomic mass is 16.5. The van der Waals surface area contributed by atoms with Crippen LogP contribution in [0.5, 0.6) is 0 Å². The monoisotopic (exact) mass is 271 g/mol. The van der Waals surface area contributed by atoms with Crippen LogP contribution in [0.1, 0.15) is 32.1 Å². The van der Waals surface area contributed by atoms with E-state index in [1.54, 1.807) is 0 Å². The molecule has 0 radical (unpaired) electrons. The van der Waals surface area contributed by atoms with Gasteiger partial charge in [0, 0.05) is 19.0 Å². The van der Waals surface area contributed by atoms with Crippen molar-refractivity contribution in [1.29, 1.82) is 0 Å². The van der Waals surface area contributed by atoms with Crippen molar-refractivity contribution in [2.45, 2.75) is 38.1 Å². The minimum absolute atomic E-state index is 0.113. The molecule has 3 N–H and O–H groups in total. The maximum Gasteiger partial charge on any atom is 0.318 e. The van der Waals surface area contributed by atoms with Gasteiger partial charge >= 0.3 is 12.0 Å². The fourth-order valence-corrected chi connectivity index (χ4v) is 2.31. The smallest absolute Gasteiger partial charge is 0.318 e. The number of piperidine rings is 1. The van der Waals surface area contributed by atoms with E-state index in [1.165, 1.54) is 7.11 Å².